The molecule has 1 saturated heterocycles. The average molecular weight is 366 g/mol. The molecule has 1 aromatic heterocycles. The van der Waals surface area contributed by atoms with E-state index in [1.54, 1.807) is 0 Å². The summed E-state index contributed by atoms with van der Waals surface area (Å²) in [4.78, 5) is 4.71. The molecule has 0 bridgehead atoms. The van der Waals surface area contributed by atoms with Gasteiger partial charge in [-0.2, -0.15) is 0 Å². The molecule has 2 heterocycles. The van der Waals surface area contributed by atoms with Crippen molar-refractivity contribution in [1.29, 1.82) is 0 Å². The van der Waals surface area contributed by atoms with E-state index in [4.69, 9.17) is 21.4 Å². The lowest BCUT2D eigenvalue weighted by molar-refractivity contribution is 0.0355. The van der Waals surface area contributed by atoms with Crippen LogP contribution in [0, 0.1) is 6.92 Å². The van der Waals surface area contributed by atoms with Gasteiger partial charge in [0.1, 0.15) is 11.5 Å². The Bertz CT molecular complexity index is 537. The molecule has 25 heavy (non-hydrogen) atoms. The van der Waals surface area contributed by atoms with Crippen LogP contribution in [0.1, 0.15) is 43.6 Å². The van der Waals surface area contributed by atoms with E-state index in [2.05, 4.69) is 21.2 Å². The molecule has 1 saturated carbocycles. The van der Waals surface area contributed by atoms with Crippen LogP contribution in [-0.4, -0.2) is 60.3 Å². The summed E-state index contributed by atoms with van der Waals surface area (Å²) in [6, 6.07) is 4.61. The Hall–Kier alpha value is -1.11. The van der Waals surface area contributed by atoms with Crippen molar-refractivity contribution < 1.29 is 9.15 Å². The number of nitrogens with one attached hydrogen (secondary N) is 1. The van der Waals surface area contributed by atoms with E-state index in [0.717, 1.165) is 62.6 Å². The molecule has 1 aromatic rings. The highest BCUT2D eigenvalue weighted by atomic mass is 32.1. The van der Waals surface area contributed by atoms with Crippen LogP contribution in [-0.2, 0) is 11.3 Å². The molecule has 3 rings (SSSR count). The zero-order chi connectivity index (χ0) is 17.5. The average Bonchev–Trinajstić information content (AvgIpc) is 3.05. The van der Waals surface area contributed by atoms with Crippen molar-refractivity contribution in [2.24, 2.45) is 0 Å². The molecule has 6 heteroatoms. The van der Waals surface area contributed by atoms with E-state index in [-0.39, 0.29) is 0 Å². The molecule has 2 fully saturated rings. The number of aryl methyl sites for hydroxylation is 1. The first-order valence-electron chi connectivity index (χ1n) is 9.61. The van der Waals surface area contributed by atoms with Gasteiger partial charge in [0.05, 0.1) is 19.8 Å². The minimum atomic E-state index is 0.533. The minimum absolute atomic E-state index is 0.533. The third kappa shape index (κ3) is 5.97. The van der Waals surface area contributed by atoms with Gasteiger partial charge in [-0.1, -0.05) is 19.3 Å². The molecule has 1 aliphatic carbocycles. The highest BCUT2D eigenvalue weighted by Crippen LogP contribution is 2.18. The van der Waals surface area contributed by atoms with Crippen LogP contribution >= 0.6 is 12.2 Å². The number of furan rings is 1. The molecule has 140 valence electrons. The maximum Gasteiger partial charge on any atom is 0.169 e. The standard InChI is InChI=1S/C19H31N3O2S/c1-16-7-8-18(24-16)15-22(10-9-21-11-13-23-14-12-21)19(25)20-17-5-3-2-4-6-17/h7-8,17H,2-6,9-15H2,1H3,(H,20,25). The monoisotopic (exact) mass is 365 g/mol. The van der Waals surface area contributed by atoms with Crippen LogP contribution in [0.3, 0.4) is 0 Å². The van der Waals surface area contributed by atoms with Crippen molar-refractivity contribution >= 4 is 17.3 Å². The van der Waals surface area contributed by atoms with Crippen LogP contribution in [0.25, 0.3) is 0 Å². The SMILES string of the molecule is Cc1ccc(CN(CCN2CCOCC2)C(=S)NC2CCCCC2)o1. The van der Waals surface area contributed by atoms with Gasteiger partial charge in [-0.05, 0) is 44.1 Å². The summed E-state index contributed by atoms with van der Waals surface area (Å²) < 4.78 is 11.2. The lowest BCUT2D eigenvalue weighted by Crippen LogP contribution is -2.48. The number of hydrogen-bond acceptors (Lipinski definition) is 4. The Balaban J connectivity index is 1.56. The Morgan fingerprint density at radius 2 is 2.00 bits per heavy atom. The molecule has 1 N–H and O–H groups in total. The molecule has 5 nitrogen and oxygen atoms in total. The van der Waals surface area contributed by atoms with Gasteiger partial charge >= 0.3 is 0 Å². The molecule has 2 aliphatic rings. The predicted molar refractivity (Wildman–Crippen MR) is 104 cm³/mol. The van der Waals surface area contributed by atoms with Crippen LogP contribution in [0.15, 0.2) is 16.5 Å². The van der Waals surface area contributed by atoms with Gasteiger partial charge in [0.15, 0.2) is 5.11 Å². The van der Waals surface area contributed by atoms with Crippen LogP contribution < -0.4 is 5.32 Å². The Morgan fingerprint density at radius 1 is 1.24 bits per heavy atom. The van der Waals surface area contributed by atoms with Crippen molar-refractivity contribution in [2.45, 2.75) is 51.6 Å². The second-order valence-electron chi connectivity index (χ2n) is 7.17. The largest absolute Gasteiger partial charge is 0.464 e. The summed E-state index contributed by atoms with van der Waals surface area (Å²) in [6.07, 6.45) is 6.45. The summed E-state index contributed by atoms with van der Waals surface area (Å²) in [6.45, 7) is 8.34. The summed E-state index contributed by atoms with van der Waals surface area (Å²) in [7, 11) is 0. The van der Waals surface area contributed by atoms with E-state index in [9.17, 15) is 0 Å². The van der Waals surface area contributed by atoms with Crippen molar-refractivity contribution in [1.82, 2.24) is 15.1 Å². The van der Waals surface area contributed by atoms with Gasteiger partial charge < -0.3 is 19.4 Å². The molecule has 0 aromatic carbocycles. The quantitative estimate of drug-likeness (QED) is 0.782. The van der Waals surface area contributed by atoms with Gasteiger partial charge in [-0.15, -0.1) is 0 Å². The maximum atomic E-state index is 5.78. The van der Waals surface area contributed by atoms with Crippen molar-refractivity contribution in [3.63, 3.8) is 0 Å². The summed E-state index contributed by atoms with van der Waals surface area (Å²) in [5.41, 5.74) is 0. The maximum absolute atomic E-state index is 5.78. The fraction of sp³-hybridized carbons (Fsp3) is 0.737. The van der Waals surface area contributed by atoms with Crippen molar-refractivity contribution in [3.8, 4) is 0 Å². The minimum Gasteiger partial charge on any atom is -0.464 e. The number of rotatable bonds is 6. The predicted octanol–water partition coefficient (Wildman–Crippen LogP) is 2.93. The van der Waals surface area contributed by atoms with E-state index >= 15 is 0 Å². The summed E-state index contributed by atoms with van der Waals surface area (Å²) in [5, 5.41) is 4.48. The molecule has 1 aliphatic heterocycles. The molecule has 0 unspecified atom stereocenters. The van der Waals surface area contributed by atoms with E-state index < -0.39 is 0 Å². The van der Waals surface area contributed by atoms with E-state index in [1.807, 2.05) is 13.0 Å². The van der Waals surface area contributed by atoms with E-state index in [0.29, 0.717) is 6.04 Å². The Morgan fingerprint density at radius 3 is 2.68 bits per heavy atom. The van der Waals surface area contributed by atoms with Gasteiger partial charge in [0, 0.05) is 32.2 Å². The van der Waals surface area contributed by atoms with Gasteiger partial charge in [-0.3, -0.25) is 4.90 Å². The van der Waals surface area contributed by atoms with E-state index in [1.165, 1.54) is 32.1 Å². The number of hydrogen-bond donors (Lipinski definition) is 1. The fourth-order valence-corrected chi connectivity index (χ4v) is 3.93. The second-order valence-corrected chi connectivity index (χ2v) is 7.56. The van der Waals surface area contributed by atoms with Crippen LogP contribution in [0.2, 0.25) is 0 Å². The molecular formula is C19H31N3O2S. The highest BCUT2D eigenvalue weighted by Gasteiger charge is 2.20. The Kier molecular flexibility index (Phi) is 7.13. The topological polar surface area (TPSA) is 40.9 Å². The first-order chi connectivity index (χ1) is 12.2. The van der Waals surface area contributed by atoms with Crippen molar-refractivity contribution in [3.05, 3.63) is 23.7 Å². The summed E-state index contributed by atoms with van der Waals surface area (Å²) >= 11 is 5.76. The third-order valence-corrected chi connectivity index (χ3v) is 5.53. The zero-order valence-corrected chi connectivity index (χ0v) is 16.2. The Labute approximate surface area is 156 Å². The fourth-order valence-electron chi connectivity index (χ4n) is 3.61. The van der Waals surface area contributed by atoms with Crippen LogP contribution in [0.5, 0.6) is 0 Å². The molecule has 0 spiro atoms. The zero-order valence-electron chi connectivity index (χ0n) is 15.3. The lowest BCUT2D eigenvalue weighted by Gasteiger charge is -2.33. The second kappa shape index (κ2) is 9.55. The third-order valence-electron chi connectivity index (χ3n) is 5.15. The normalized spacial score (nSPS) is 19.7. The summed E-state index contributed by atoms with van der Waals surface area (Å²) in [5.74, 6) is 1.93. The number of nitrogens with zero attached hydrogens (tertiary/aromatic N) is 2. The highest BCUT2D eigenvalue weighted by molar-refractivity contribution is 7.80. The first-order valence-corrected chi connectivity index (χ1v) is 10.0. The molecule has 0 amide bonds. The smallest absolute Gasteiger partial charge is 0.169 e. The molecule has 0 atom stereocenters. The number of thiocarbonyl (C=S) groups is 1. The van der Waals surface area contributed by atoms with Crippen molar-refractivity contribution in [2.75, 3.05) is 39.4 Å². The van der Waals surface area contributed by atoms with Gasteiger partial charge in [0.2, 0.25) is 0 Å². The van der Waals surface area contributed by atoms with Crippen LogP contribution in [0.4, 0.5) is 0 Å². The van der Waals surface area contributed by atoms with Gasteiger partial charge in [-0.25, -0.2) is 0 Å². The lowest BCUT2D eigenvalue weighted by atomic mass is 9.96. The number of morpholine rings is 1. The molecular weight excluding hydrogens is 334 g/mol. The van der Waals surface area contributed by atoms with Gasteiger partial charge in [0.25, 0.3) is 0 Å². The first kappa shape index (κ1) is 18.7. The number of ether oxygens (including phenoxy) is 1. The molecule has 0 radical (unpaired) electrons.